The maximum atomic E-state index is 10.3. The van der Waals surface area contributed by atoms with Crippen molar-refractivity contribution in [2.24, 2.45) is 0 Å². The Kier molecular flexibility index (Phi) is 3.41. The molecule has 0 radical (unpaired) electrons. The molecule has 0 amide bonds. The molecule has 1 aromatic heterocycles. The van der Waals surface area contributed by atoms with Gasteiger partial charge in [0.15, 0.2) is 0 Å². The zero-order chi connectivity index (χ0) is 13.3. The number of H-pyrrole nitrogens is 1. The van der Waals surface area contributed by atoms with Gasteiger partial charge in [-0.1, -0.05) is 12.1 Å². The largest absolute Gasteiger partial charge is 0.387 e. The van der Waals surface area contributed by atoms with Crippen molar-refractivity contribution in [3.05, 3.63) is 29.5 Å². The average molecular weight is 247 g/mol. The van der Waals surface area contributed by atoms with E-state index in [1.807, 2.05) is 19.1 Å². The molecule has 0 aliphatic rings. The highest BCUT2D eigenvalue weighted by Gasteiger charge is 2.16. The molecule has 1 aromatic carbocycles. The van der Waals surface area contributed by atoms with E-state index in [1.165, 1.54) is 0 Å². The molecule has 1 atom stereocenters. The lowest BCUT2D eigenvalue weighted by Crippen LogP contribution is -2.38. The summed E-state index contributed by atoms with van der Waals surface area (Å²) in [6, 6.07) is 3.98. The van der Waals surface area contributed by atoms with Gasteiger partial charge in [-0.25, -0.2) is 0 Å². The summed E-state index contributed by atoms with van der Waals surface area (Å²) < 4.78 is 0. The van der Waals surface area contributed by atoms with Crippen LogP contribution in [0.25, 0.3) is 10.9 Å². The maximum Gasteiger partial charge on any atom is 0.0921 e. The van der Waals surface area contributed by atoms with Crippen LogP contribution in [0.15, 0.2) is 18.3 Å². The predicted octanol–water partition coefficient (Wildman–Crippen LogP) is 2.29. The molecule has 4 heteroatoms. The summed E-state index contributed by atoms with van der Waals surface area (Å²) in [6.45, 7) is 8.82. The Morgan fingerprint density at radius 2 is 2.11 bits per heavy atom. The van der Waals surface area contributed by atoms with Gasteiger partial charge in [-0.05, 0) is 38.8 Å². The van der Waals surface area contributed by atoms with Crippen LogP contribution in [0.2, 0.25) is 0 Å². The Morgan fingerprint density at radius 3 is 2.78 bits per heavy atom. The number of aliphatic hydroxyl groups is 1. The molecule has 98 valence electrons. The van der Waals surface area contributed by atoms with E-state index in [2.05, 4.69) is 36.3 Å². The van der Waals surface area contributed by atoms with E-state index >= 15 is 0 Å². The molecule has 2 aromatic rings. The highest BCUT2D eigenvalue weighted by molar-refractivity contribution is 5.84. The van der Waals surface area contributed by atoms with Crippen LogP contribution in [0.4, 0.5) is 0 Å². The topological polar surface area (TPSA) is 60.9 Å². The van der Waals surface area contributed by atoms with Crippen molar-refractivity contribution in [2.75, 3.05) is 6.54 Å². The van der Waals surface area contributed by atoms with Crippen LogP contribution < -0.4 is 5.32 Å². The van der Waals surface area contributed by atoms with Crippen LogP contribution in [0, 0.1) is 6.92 Å². The number of fused-ring (bicyclic) bond motifs is 1. The van der Waals surface area contributed by atoms with Crippen LogP contribution in [-0.2, 0) is 0 Å². The molecule has 18 heavy (non-hydrogen) atoms. The van der Waals surface area contributed by atoms with Gasteiger partial charge in [-0.3, -0.25) is 5.10 Å². The number of benzene rings is 1. The summed E-state index contributed by atoms with van der Waals surface area (Å²) in [5.74, 6) is 0. The van der Waals surface area contributed by atoms with Crippen LogP contribution in [0.5, 0.6) is 0 Å². The molecule has 0 unspecified atom stereocenters. The first-order valence-electron chi connectivity index (χ1n) is 6.24. The van der Waals surface area contributed by atoms with Gasteiger partial charge in [0.1, 0.15) is 0 Å². The summed E-state index contributed by atoms with van der Waals surface area (Å²) >= 11 is 0. The van der Waals surface area contributed by atoms with Crippen molar-refractivity contribution in [2.45, 2.75) is 39.3 Å². The van der Waals surface area contributed by atoms with Gasteiger partial charge in [-0.15, -0.1) is 0 Å². The van der Waals surface area contributed by atoms with Crippen molar-refractivity contribution >= 4 is 10.9 Å². The predicted molar refractivity (Wildman–Crippen MR) is 73.5 cm³/mol. The number of aromatic nitrogens is 2. The Balaban J connectivity index is 2.25. The lowest BCUT2D eigenvalue weighted by Gasteiger charge is -2.23. The van der Waals surface area contributed by atoms with E-state index < -0.39 is 6.10 Å². The van der Waals surface area contributed by atoms with Crippen molar-refractivity contribution in [3.8, 4) is 0 Å². The van der Waals surface area contributed by atoms with E-state index in [0.29, 0.717) is 6.54 Å². The Hall–Kier alpha value is -1.39. The number of rotatable bonds is 3. The zero-order valence-electron chi connectivity index (χ0n) is 11.4. The molecule has 0 aliphatic carbocycles. The third-order valence-electron chi connectivity index (χ3n) is 3.04. The van der Waals surface area contributed by atoms with E-state index in [1.54, 1.807) is 6.20 Å². The van der Waals surface area contributed by atoms with Crippen LogP contribution >= 0.6 is 0 Å². The third kappa shape index (κ3) is 2.71. The van der Waals surface area contributed by atoms with E-state index in [-0.39, 0.29) is 5.54 Å². The summed E-state index contributed by atoms with van der Waals surface area (Å²) in [5, 5.41) is 21.6. The summed E-state index contributed by atoms with van der Waals surface area (Å²) in [4.78, 5) is 0. The van der Waals surface area contributed by atoms with E-state index in [4.69, 9.17) is 0 Å². The fourth-order valence-electron chi connectivity index (χ4n) is 2.00. The van der Waals surface area contributed by atoms with E-state index in [9.17, 15) is 5.11 Å². The van der Waals surface area contributed by atoms with Gasteiger partial charge in [-0.2, -0.15) is 5.10 Å². The van der Waals surface area contributed by atoms with Gasteiger partial charge >= 0.3 is 0 Å². The Bertz CT molecular complexity index is 539. The van der Waals surface area contributed by atoms with Gasteiger partial charge in [0.05, 0.1) is 17.8 Å². The smallest absolute Gasteiger partial charge is 0.0921 e. The average Bonchev–Trinajstić information content (AvgIpc) is 2.75. The molecule has 3 N–H and O–H groups in total. The third-order valence-corrected chi connectivity index (χ3v) is 3.04. The number of nitrogens with one attached hydrogen (secondary N) is 2. The number of nitrogens with zero attached hydrogens (tertiary/aromatic N) is 1. The second-order valence-corrected chi connectivity index (χ2v) is 5.78. The minimum atomic E-state index is -0.523. The number of aromatic amines is 1. The zero-order valence-corrected chi connectivity index (χ0v) is 11.4. The quantitative estimate of drug-likeness (QED) is 0.780. The van der Waals surface area contributed by atoms with E-state index in [0.717, 1.165) is 22.0 Å². The molecule has 0 aliphatic heterocycles. The van der Waals surface area contributed by atoms with Gasteiger partial charge < -0.3 is 10.4 Å². The second kappa shape index (κ2) is 4.71. The Labute approximate surface area is 107 Å². The van der Waals surface area contributed by atoms with Crippen LogP contribution in [0.3, 0.4) is 0 Å². The standard InChI is InChI=1S/C14H21N3O/c1-9-5-6-10(11-7-16-17-13(9)11)12(18)8-15-14(2,3)4/h5-7,12,15,18H,8H2,1-4H3,(H,16,17)/t12-/m0/s1. The summed E-state index contributed by atoms with van der Waals surface area (Å²) in [7, 11) is 0. The number of aliphatic hydroxyl groups excluding tert-OH is 1. The first-order valence-corrected chi connectivity index (χ1v) is 6.24. The highest BCUT2D eigenvalue weighted by Crippen LogP contribution is 2.25. The minimum Gasteiger partial charge on any atom is -0.387 e. The maximum absolute atomic E-state index is 10.3. The molecule has 4 nitrogen and oxygen atoms in total. The summed E-state index contributed by atoms with van der Waals surface area (Å²) in [6.07, 6.45) is 1.25. The molecular weight excluding hydrogens is 226 g/mol. The fraction of sp³-hybridized carbons (Fsp3) is 0.500. The fourth-order valence-corrected chi connectivity index (χ4v) is 2.00. The lowest BCUT2D eigenvalue weighted by atomic mass is 10.0. The molecular formula is C14H21N3O. The Morgan fingerprint density at radius 1 is 1.39 bits per heavy atom. The second-order valence-electron chi connectivity index (χ2n) is 5.78. The first kappa shape index (κ1) is 13.1. The molecule has 2 rings (SSSR count). The van der Waals surface area contributed by atoms with Crippen molar-refractivity contribution in [3.63, 3.8) is 0 Å². The van der Waals surface area contributed by atoms with Crippen LogP contribution in [0.1, 0.15) is 38.0 Å². The molecule has 0 saturated carbocycles. The highest BCUT2D eigenvalue weighted by atomic mass is 16.3. The molecule has 0 spiro atoms. The van der Waals surface area contributed by atoms with Gasteiger partial charge in [0, 0.05) is 17.5 Å². The van der Waals surface area contributed by atoms with Gasteiger partial charge in [0.25, 0.3) is 0 Å². The molecule has 0 saturated heterocycles. The lowest BCUT2D eigenvalue weighted by molar-refractivity contribution is 0.164. The van der Waals surface area contributed by atoms with Crippen molar-refractivity contribution in [1.82, 2.24) is 15.5 Å². The normalized spacial score (nSPS) is 14.1. The van der Waals surface area contributed by atoms with Gasteiger partial charge in [0.2, 0.25) is 0 Å². The van der Waals surface area contributed by atoms with Crippen LogP contribution in [-0.4, -0.2) is 27.4 Å². The first-order chi connectivity index (χ1) is 8.38. The summed E-state index contributed by atoms with van der Waals surface area (Å²) in [5.41, 5.74) is 3.06. The molecule has 0 fully saturated rings. The SMILES string of the molecule is Cc1ccc([C@@H](O)CNC(C)(C)C)c2cn[nH]c12. The number of hydrogen-bond donors (Lipinski definition) is 3. The number of hydrogen-bond acceptors (Lipinski definition) is 3. The number of aryl methyl sites for hydroxylation is 1. The molecule has 0 bridgehead atoms. The van der Waals surface area contributed by atoms with Crippen molar-refractivity contribution < 1.29 is 5.11 Å². The minimum absolute atomic E-state index is 0.00118. The number of β-amino-alcohol motifs (C(OH)–C–C–N with tert-alkyl or cyclic N) is 1. The van der Waals surface area contributed by atoms with Crippen molar-refractivity contribution in [1.29, 1.82) is 0 Å². The molecule has 1 heterocycles. The monoisotopic (exact) mass is 247 g/mol.